The molecule has 5 rings (SSSR count). The lowest BCUT2D eigenvalue weighted by atomic mass is 10.1. The van der Waals surface area contributed by atoms with E-state index in [-0.39, 0.29) is 6.79 Å². The van der Waals surface area contributed by atoms with E-state index < -0.39 is 0 Å². The van der Waals surface area contributed by atoms with Crippen LogP contribution in [-0.2, 0) is 0 Å². The van der Waals surface area contributed by atoms with Crippen LogP contribution in [0.2, 0.25) is 5.02 Å². The monoisotopic (exact) mass is 355 g/mol. The van der Waals surface area contributed by atoms with Gasteiger partial charge in [0.15, 0.2) is 17.3 Å². The molecule has 1 aliphatic heterocycles. The maximum atomic E-state index is 6.00. The smallest absolute Gasteiger partial charge is 0.231 e. The molecule has 7 heteroatoms. The molecule has 3 heterocycles. The maximum Gasteiger partial charge on any atom is 0.231 e. The van der Waals surface area contributed by atoms with Crippen molar-refractivity contribution in [3.8, 4) is 34.1 Å². The highest BCUT2D eigenvalue weighted by molar-refractivity contribution is 7.15. The molecule has 2 aromatic heterocycles. The lowest BCUT2D eigenvalue weighted by Gasteiger charge is -2.04. The van der Waals surface area contributed by atoms with E-state index in [0.29, 0.717) is 5.02 Å². The van der Waals surface area contributed by atoms with Crippen molar-refractivity contribution >= 4 is 27.9 Å². The highest BCUT2D eigenvalue weighted by Gasteiger charge is 2.19. The van der Waals surface area contributed by atoms with Gasteiger partial charge in [0.2, 0.25) is 11.8 Å². The molecule has 0 amide bonds. The summed E-state index contributed by atoms with van der Waals surface area (Å²) < 4.78 is 12.9. The van der Waals surface area contributed by atoms with Crippen molar-refractivity contribution in [2.24, 2.45) is 0 Å². The van der Waals surface area contributed by atoms with Crippen LogP contribution < -0.4 is 9.47 Å². The topological polar surface area (TPSA) is 48.7 Å². The molecule has 118 valence electrons. The molecule has 0 N–H and O–H groups in total. The standard InChI is InChI=1S/C17H10ClN3O2S/c18-12-4-1-10(2-5-12)13-8-24-17-20-19-16(21(13)17)11-3-6-14-15(7-11)23-9-22-14/h1-8H,9H2. The summed E-state index contributed by atoms with van der Waals surface area (Å²) in [7, 11) is 0. The van der Waals surface area contributed by atoms with Crippen molar-refractivity contribution in [2.75, 3.05) is 6.79 Å². The summed E-state index contributed by atoms with van der Waals surface area (Å²) in [6, 6.07) is 13.5. The number of benzene rings is 2. The highest BCUT2D eigenvalue weighted by Crippen LogP contribution is 2.37. The molecule has 4 aromatic rings. The van der Waals surface area contributed by atoms with E-state index in [0.717, 1.165) is 39.1 Å². The Balaban J connectivity index is 1.70. The van der Waals surface area contributed by atoms with Crippen LogP contribution in [0.1, 0.15) is 0 Å². The second kappa shape index (κ2) is 5.22. The van der Waals surface area contributed by atoms with Gasteiger partial charge >= 0.3 is 0 Å². The second-order valence-corrected chi connectivity index (χ2v) is 6.61. The molecule has 0 radical (unpaired) electrons. The minimum Gasteiger partial charge on any atom is -0.454 e. The molecule has 0 spiro atoms. The van der Waals surface area contributed by atoms with Gasteiger partial charge in [0.25, 0.3) is 0 Å². The van der Waals surface area contributed by atoms with Crippen LogP contribution in [-0.4, -0.2) is 21.4 Å². The van der Waals surface area contributed by atoms with E-state index in [9.17, 15) is 0 Å². The maximum absolute atomic E-state index is 6.00. The minimum atomic E-state index is 0.252. The number of rotatable bonds is 2. The first kappa shape index (κ1) is 13.8. The Morgan fingerprint density at radius 3 is 2.62 bits per heavy atom. The van der Waals surface area contributed by atoms with Crippen LogP contribution in [0.25, 0.3) is 27.6 Å². The van der Waals surface area contributed by atoms with Crippen LogP contribution in [0.15, 0.2) is 47.8 Å². The molecule has 0 saturated carbocycles. The van der Waals surface area contributed by atoms with Gasteiger partial charge < -0.3 is 9.47 Å². The van der Waals surface area contributed by atoms with Gasteiger partial charge in [-0.3, -0.25) is 4.40 Å². The molecule has 24 heavy (non-hydrogen) atoms. The Bertz CT molecular complexity index is 1060. The fourth-order valence-electron chi connectivity index (χ4n) is 2.77. The van der Waals surface area contributed by atoms with E-state index in [4.69, 9.17) is 21.1 Å². The fourth-order valence-corrected chi connectivity index (χ4v) is 3.73. The van der Waals surface area contributed by atoms with Gasteiger partial charge in [-0.15, -0.1) is 21.5 Å². The van der Waals surface area contributed by atoms with Crippen LogP contribution in [0.5, 0.6) is 11.5 Å². The Hall–Kier alpha value is -2.57. The number of nitrogens with zero attached hydrogens (tertiary/aromatic N) is 3. The summed E-state index contributed by atoms with van der Waals surface area (Å²) in [6.45, 7) is 0.252. The molecular formula is C17H10ClN3O2S. The average Bonchev–Trinajstić information content (AvgIpc) is 3.30. The van der Waals surface area contributed by atoms with E-state index in [1.807, 2.05) is 46.9 Å². The summed E-state index contributed by atoms with van der Waals surface area (Å²) in [6.07, 6.45) is 0. The predicted molar refractivity (Wildman–Crippen MR) is 92.9 cm³/mol. The molecule has 0 saturated heterocycles. The molecule has 1 aliphatic rings. The van der Waals surface area contributed by atoms with Gasteiger partial charge in [-0.25, -0.2) is 0 Å². The van der Waals surface area contributed by atoms with Crippen molar-refractivity contribution in [1.29, 1.82) is 0 Å². The Morgan fingerprint density at radius 2 is 1.75 bits per heavy atom. The fraction of sp³-hybridized carbons (Fsp3) is 0.0588. The van der Waals surface area contributed by atoms with Crippen molar-refractivity contribution in [3.05, 3.63) is 52.9 Å². The van der Waals surface area contributed by atoms with Crippen molar-refractivity contribution in [2.45, 2.75) is 0 Å². The van der Waals surface area contributed by atoms with Crippen molar-refractivity contribution in [3.63, 3.8) is 0 Å². The van der Waals surface area contributed by atoms with E-state index in [2.05, 4.69) is 15.6 Å². The van der Waals surface area contributed by atoms with Crippen LogP contribution in [0, 0.1) is 0 Å². The molecule has 5 nitrogen and oxygen atoms in total. The predicted octanol–water partition coefficient (Wildman–Crippen LogP) is 4.51. The van der Waals surface area contributed by atoms with E-state index >= 15 is 0 Å². The summed E-state index contributed by atoms with van der Waals surface area (Å²) >= 11 is 7.55. The number of ether oxygens (including phenoxy) is 2. The molecule has 0 bridgehead atoms. The Labute approximate surface area is 146 Å². The number of fused-ring (bicyclic) bond motifs is 2. The molecule has 0 unspecified atom stereocenters. The zero-order valence-electron chi connectivity index (χ0n) is 12.3. The first-order valence-corrected chi connectivity index (χ1v) is 8.54. The lowest BCUT2D eigenvalue weighted by Crippen LogP contribution is -1.93. The van der Waals surface area contributed by atoms with E-state index in [1.165, 1.54) is 0 Å². The van der Waals surface area contributed by atoms with E-state index in [1.54, 1.807) is 11.3 Å². The number of hydrogen-bond acceptors (Lipinski definition) is 5. The Morgan fingerprint density at radius 1 is 0.958 bits per heavy atom. The van der Waals surface area contributed by atoms with Gasteiger partial charge in [0, 0.05) is 16.0 Å². The second-order valence-electron chi connectivity index (χ2n) is 5.34. The number of hydrogen-bond donors (Lipinski definition) is 0. The number of aromatic nitrogens is 3. The Kier molecular flexibility index (Phi) is 3.01. The van der Waals surface area contributed by atoms with Crippen LogP contribution in [0.4, 0.5) is 0 Å². The van der Waals surface area contributed by atoms with Crippen molar-refractivity contribution in [1.82, 2.24) is 14.6 Å². The normalized spacial score (nSPS) is 12.9. The molecule has 2 aromatic carbocycles. The third-order valence-electron chi connectivity index (χ3n) is 3.92. The largest absolute Gasteiger partial charge is 0.454 e. The molecule has 0 fully saturated rings. The minimum absolute atomic E-state index is 0.252. The summed E-state index contributed by atoms with van der Waals surface area (Å²) in [4.78, 5) is 0.840. The van der Waals surface area contributed by atoms with Crippen LogP contribution >= 0.6 is 22.9 Å². The van der Waals surface area contributed by atoms with Gasteiger partial charge in [0.1, 0.15) is 0 Å². The zero-order valence-corrected chi connectivity index (χ0v) is 13.8. The number of halogens is 1. The average molecular weight is 356 g/mol. The van der Waals surface area contributed by atoms with Gasteiger partial charge in [-0.1, -0.05) is 23.7 Å². The highest BCUT2D eigenvalue weighted by atomic mass is 35.5. The first-order chi connectivity index (χ1) is 11.8. The summed E-state index contributed by atoms with van der Waals surface area (Å²) in [5, 5.41) is 11.4. The lowest BCUT2D eigenvalue weighted by molar-refractivity contribution is 0.174. The zero-order chi connectivity index (χ0) is 16.1. The molecular weight excluding hydrogens is 346 g/mol. The first-order valence-electron chi connectivity index (χ1n) is 7.28. The SMILES string of the molecule is Clc1ccc(-c2csc3nnc(-c4ccc5c(c4)OCO5)n23)cc1. The number of thiazole rings is 1. The van der Waals surface area contributed by atoms with Gasteiger partial charge in [-0.2, -0.15) is 0 Å². The summed E-state index contributed by atoms with van der Waals surface area (Å²) in [5.41, 5.74) is 3.03. The third-order valence-corrected chi connectivity index (χ3v) is 4.99. The van der Waals surface area contributed by atoms with Gasteiger partial charge in [0.05, 0.1) is 5.69 Å². The summed E-state index contributed by atoms with van der Waals surface area (Å²) in [5.74, 6) is 2.25. The third kappa shape index (κ3) is 2.07. The quantitative estimate of drug-likeness (QED) is 0.531. The van der Waals surface area contributed by atoms with Crippen molar-refractivity contribution < 1.29 is 9.47 Å². The molecule has 0 aliphatic carbocycles. The molecule has 0 atom stereocenters. The van der Waals surface area contributed by atoms with Gasteiger partial charge in [-0.05, 0) is 35.9 Å². The van der Waals surface area contributed by atoms with Crippen LogP contribution in [0.3, 0.4) is 0 Å².